The van der Waals surface area contributed by atoms with Crippen LogP contribution in [0, 0.1) is 0 Å². The predicted molar refractivity (Wildman–Crippen MR) is 68.9 cm³/mol. The van der Waals surface area contributed by atoms with E-state index < -0.39 is 0 Å². The van der Waals surface area contributed by atoms with Gasteiger partial charge in [-0.1, -0.05) is 0 Å². The Morgan fingerprint density at radius 1 is 1.47 bits per heavy atom. The van der Waals surface area contributed by atoms with Crippen molar-refractivity contribution in [3.05, 3.63) is 29.3 Å². The molecule has 92 valence electrons. The first-order chi connectivity index (χ1) is 8.22. The van der Waals surface area contributed by atoms with Gasteiger partial charge in [-0.25, -0.2) is 0 Å². The van der Waals surface area contributed by atoms with Crippen molar-refractivity contribution in [3.8, 4) is 0 Å². The van der Waals surface area contributed by atoms with E-state index in [0.717, 1.165) is 38.3 Å². The van der Waals surface area contributed by atoms with Crippen molar-refractivity contribution < 1.29 is 9.53 Å². The molecule has 17 heavy (non-hydrogen) atoms. The Balaban J connectivity index is 2.08. The van der Waals surface area contributed by atoms with Gasteiger partial charge in [0.15, 0.2) is 5.78 Å². The maximum Gasteiger partial charge on any atom is 0.159 e. The molecule has 0 saturated carbocycles. The number of fused-ring (bicyclic) bond motifs is 1. The maximum atomic E-state index is 11.3. The topological polar surface area (TPSA) is 29.5 Å². The molecular weight excluding hydrogens is 214 g/mol. The highest BCUT2D eigenvalue weighted by Gasteiger charge is 2.19. The Morgan fingerprint density at radius 3 is 3.00 bits per heavy atom. The highest BCUT2D eigenvalue weighted by molar-refractivity contribution is 5.94. The third-order valence-corrected chi connectivity index (χ3v) is 3.19. The van der Waals surface area contributed by atoms with Crippen molar-refractivity contribution >= 4 is 11.5 Å². The maximum absolute atomic E-state index is 11.3. The number of carbonyl (C=O) groups excluding carboxylic acids is 1. The number of hydrogen-bond acceptors (Lipinski definition) is 3. The summed E-state index contributed by atoms with van der Waals surface area (Å²) in [6.07, 6.45) is 1.03. The van der Waals surface area contributed by atoms with Crippen LogP contribution in [-0.4, -0.2) is 32.1 Å². The van der Waals surface area contributed by atoms with Gasteiger partial charge in [0.25, 0.3) is 0 Å². The van der Waals surface area contributed by atoms with Gasteiger partial charge < -0.3 is 9.64 Å². The molecule has 3 heteroatoms. The van der Waals surface area contributed by atoms with Crippen molar-refractivity contribution in [1.82, 2.24) is 0 Å². The largest absolute Gasteiger partial charge is 0.380 e. The van der Waals surface area contributed by atoms with Crippen molar-refractivity contribution in [3.63, 3.8) is 0 Å². The second-order valence-corrected chi connectivity index (χ2v) is 4.33. The van der Waals surface area contributed by atoms with E-state index in [4.69, 9.17) is 4.74 Å². The molecule has 2 rings (SSSR count). The molecule has 0 saturated heterocycles. The second kappa shape index (κ2) is 5.32. The minimum Gasteiger partial charge on any atom is -0.380 e. The molecule has 0 aromatic heterocycles. The number of benzene rings is 1. The standard InChI is InChI=1S/C14H19NO2/c1-3-17-9-8-15-7-6-13-10-12(11(2)16)4-5-14(13)15/h4-5,10H,3,6-9H2,1-2H3. The normalized spacial score (nSPS) is 13.9. The summed E-state index contributed by atoms with van der Waals surface area (Å²) < 4.78 is 5.38. The van der Waals surface area contributed by atoms with E-state index in [0.29, 0.717) is 0 Å². The molecular formula is C14H19NO2. The van der Waals surface area contributed by atoms with Crippen LogP contribution in [0.25, 0.3) is 0 Å². The molecule has 1 aliphatic heterocycles. The minimum atomic E-state index is 0.139. The molecule has 0 N–H and O–H groups in total. The zero-order valence-electron chi connectivity index (χ0n) is 10.5. The summed E-state index contributed by atoms with van der Waals surface area (Å²) in [6, 6.07) is 6.00. The number of nitrogens with zero attached hydrogens (tertiary/aromatic N) is 1. The molecule has 0 fully saturated rings. The molecule has 0 amide bonds. The average Bonchev–Trinajstić information content (AvgIpc) is 2.72. The van der Waals surface area contributed by atoms with Gasteiger partial charge in [-0.2, -0.15) is 0 Å². The summed E-state index contributed by atoms with van der Waals surface area (Å²) in [5.74, 6) is 0.139. The fourth-order valence-corrected chi connectivity index (χ4v) is 2.24. The van der Waals surface area contributed by atoms with Crippen LogP contribution in [-0.2, 0) is 11.2 Å². The van der Waals surface area contributed by atoms with Crippen LogP contribution in [0.1, 0.15) is 29.8 Å². The Labute approximate surface area is 102 Å². The number of Topliss-reactive ketones (excluding diaryl/α,β-unsaturated/α-hetero) is 1. The smallest absolute Gasteiger partial charge is 0.159 e. The second-order valence-electron chi connectivity index (χ2n) is 4.33. The highest BCUT2D eigenvalue weighted by atomic mass is 16.5. The zero-order valence-corrected chi connectivity index (χ0v) is 10.5. The number of rotatable bonds is 5. The molecule has 1 aliphatic rings. The summed E-state index contributed by atoms with van der Waals surface area (Å²) in [5.41, 5.74) is 3.36. The summed E-state index contributed by atoms with van der Waals surface area (Å²) in [4.78, 5) is 13.6. The van der Waals surface area contributed by atoms with Crippen molar-refractivity contribution in [2.45, 2.75) is 20.3 Å². The number of carbonyl (C=O) groups is 1. The lowest BCUT2D eigenvalue weighted by Gasteiger charge is -2.19. The molecule has 0 spiro atoms. The molecule has 1 aromatic rings. The van der Waals surface area contributed by atoms with E-state index in [-0.39, 0.29) is 5.78 Å². The van der Waals surface area contributed by atoms with Crippen LogP contribution in [0.15, 0.2) is 18.2 Å². The quantitative estimate of drug-likeness (QED) is 0.577. The van der Waals surface area contributed by atoms with Gasteiger partial charge in [0.2, 0.25) is 0 Å². The number of ether oxygens (including phenoxy) is 1. The first kappa shape index (κ1) is 12.1. The third kappa shape index (κ3) is 2.67. The van der Waals surface area contributed by atoms with Crippen LogP contribution >= 0.6 is 0 Å². The zero-order chi connectivity index (χ0) is 12.3. The minimum absolute atomic E-state index is 0.139. The highest BCUT2D eigenvalue weighted by Crippen LogP contribution is 2.28. The predicted octanol–water partition coefficient (Wildman–Crippen LogP) is 2.29. The fraction of sp³-hybridized carbons (Fsp3) is 0.500. The lowest BCUT2D eigenvalue weighted by molar-refractivity contribution is 0.101. The Kier molecular flexibility index (Phi) is 3.79. The number of hydrogen-bond donors (Lipinski definition) is 0. The van der Waals surface area contributed by atoms with Crippen molar-refractivity contribution in [2.75, 3.05) is 31.2 Å². The van der Waals surface area contributed by atoms with Gasteiger partial charge in [0, 0.05) is 30.9 Å². The average molecular weight is 233 g/mol. The lowest BCUT2D eigenvalue weighted by atomic mass is 10.1. The Bertz CT molecular complexity index is 415. The molecule has 3 nitrogen and oxygen atoms in total. The van der Waals surface area contributed by atoms with E-state index in [2.05, 4.69) is 11.0 Å². The third-order valence-electron chi connectivity index (χ3n) is 3.19. The van der Waals surface area contributed by atoms with Crippen LogP contribution in [0.3, 0.4) is 0 Å². The van der Waals surface area contributed by atoms with Gasteiger partial charge in [-0.3, -0.25) is 4.79 Å². The molecule has 0 unspecified atom stereocenters. The summed E-state index contributed by atoms with van der Waals surface area (Å²) in [5, 5.41) is 0. The van der Waals surface area contributed by atoms with Gasteiger partial charge in [0.1, 0.15) is 0 Å². The van der Waals surface area contributed by atoms with Gasteiger partial charge in [0.05, 0.1) is 6.61 Å². The molecule has 0 radical (unpaired) electrons. The van der Waals surface area contributed by atoms with E-state index in [1.54, 1.807) is 6.92 Å². The van der Waals surface area contributed by atoms with E-state index >= 15 is 0 Å². The fourth-order valence-electron chi connectivity index (χ4n) is 2.24. The molecule has 1 aromatic carbocycles. The lowest BCUT2D eigenvalue weighted by Crippen LogP contribution is -2.25. The van der Waals surface area contributed by atoms with Gasteiger partial charge >= 0.3 is 0 Å². The number of anilines is 1. The van der Waals surface area contributed by atoms with Crippen LogP contribution in [0.2, 0.25) is 0 Å². The summed E-state index contributed by atoms with van der Waals surface area (Å²) in [7, 11) is 0. The molecule has 0 atom stereocenters. The Morgan fingerprint density at radius 2 is 2.29 bits per heavy atom. The van der Waals surface area contributed by atoms with Crippen LogP contribution < -0.4 is 4.90 Å². The number of ketones is 1. The van der Waals surface area contributed by atoms with Gasteiger partial charge in [-0.05, 0) is 44.0 Å². The monoisotopic (exact) mass is 233 g/mol. The van der Waals surface area contributed by atoms with E-state index in [9.17, 15) is 4.79 Å². The molecule has 1 heterocycles. The van der Waals surface area contributed by atoms with Crippen LogP contribution in [0.4, 0.5) is 5.69 Å². The first-order valence-electron chi connectivity index (χ1n) is 6.19. The van der Waals surface area contributed by atoms with Crippen LogP contribution in [0.5, 0.6) is 0 Å². The summed E-state index contributed by atoms with van der Waals surface area (Å²) in [6.45, 7) is 7.12. The van der Waals surface area contributed by atoms with E-state index in [1.165, 1.54) is 11.3 Å². The summed E-state index contributed by atoms with van der Waals surface area (Å²) >= 11 is 0. The Hall–Kier alpha value is -1.35. The van der Waals surface area contributed by atoms with Crippen molar-refractivity contribution in [1.29, 1.82) is 0 Å². The SMILES string of the molecule is CCOCCN1CCc2cc(C(C)=O)ccc21. The van der Waals surface area contributed by atoms with E-state index in [1.807, 2.05) is 19.1 Å². The molecule has 0 bridgehead atoms. The van der Waals surface area contributed by atoms with Gasteiger partial charge in [-0.15, -0.1) is 0 Å². The molecule has 0 aliphatic carbocycles. The first-order valence-corrected chi connectivity index (χ1v) is 6.19. The van der Waals surface area contributed by atoms with Crippen molar-refractivity contribution in [2.24, 2.45) is 0 Å².